The molecule has 1 aliphatic rings. The molecule has 0 aliphatic heterocycles. The molecule has 1 amide bonds. The third kappa shape index (κ3) is 4.15. The van der Waals surface area contributed by atoms with Crippen molar-refractivity contribution >= 4 is 11.6 Å². The summed E-state index contributed by atoms with van der Waals surface area (Å²) in [4.78, 5) is 12.1. The molecule has 0 unspecified atom stereocenters. The maximum Gasteiger partial charge on any atom is 0.242 e. The van der Waals surface area contributed by atoms with Crippen molar-refractivity contribution in [1.29, 1.82) is 0 Å². The summed E-state index contributed by atoms with van der Waals surface area (Å²) in [6.45, 7) is 1.89. The number of hydrogen-bond acceptors (Lipinski definition) is 3. The van der Waals surface area contributed by atoms with E-state index in [9.17, 15) is 4.79 Å². The zero-order valence-electron chi connectivity index (χ0n) is 12.3. The fraction of sp³-hybridized carbons (Fsp3) is 0.562. The standard InChI is InChI=1S/C16H24N2O2/c1-12(16(19)18-13-6-4-3-5-7-13)17-14-8-10-15(20-2)11-9-14/h8-13,17H,3-7H2,1-2H3,(H,18,19)/t12-/m0/s1. The van der Waals surface area contributed by atoms with E-state index in [1.165, 1.54) is 19.3 Å². The van der Waals surface area contributed by atoms with Crippen molar-refractivity contribution in [1.82, 2.24) is 5.32 Å². The highest BCUT2D eigenvalue weighted by Gasteiger charge is 2.19. The summed E-state index contributed by atoms with van der Waals surface area (Å²) in [5.74, 6) is 0.891. The number of rotatable bonds is 5. The minimum atomic E-state index is -0.231. The topological polar surface area (TPSA) is 50.4 Å². The third-order valence-corrected chi connectivity index (χ3v) is 3.82. The molecule has 110 valence electrons. The van der Waals surface area contributed by atoms with E-state index in [-0.39, 0.29) is 11.9 Å². The molecule has 0 heterocycles. The fourth-order valence-electron chi connectivity index (χ4n) is 2.58. The van der Waals surface area contributed by atoms with Crippen molar-refractivity contribution in [3.05, 3.63) is 24.3 Å². The normalized spacial score (nSPS) is 17.3. The van der Waals surface area contributed by atoms with Gasteiger partial charge in [-0.25, -0.2) is 0 Å². The Morgan fingerprint density at radius 1 is 1.20 bits per heavy atom. The van der Waals surface area contributed by atoms with Crippen LogP contribution in [0.25, 0.3) is 0 Å². The largest absolute Gasteiger partial charge is 0.497 e. The first-order valence-corrected chi connectivity index (χ1v) is 7.40. The Bertz CT molecular complexity index is 425. The number of methoxy groups -OCH3 is 1. The molecule has 1 aromatic rings. The highest BCUT2D eigenvalue weighted by molar-refractivity contribution is 5.84. The molecule has 2 N–H and O–H groups in total. The second kappa shape index (κ2) is 7.17. The molecule has 20 heavy (non-hydrogen) atoms. The van der Waals surface area contributed by atoms with E-state index in [4.69, 9.17) is 4.74 Å². The number of carbonyl (C=O) groups is 1. The molecule has 1 atom stereocenters. The van der Waals surface area contributed by atoms with Crippen LogP contribution in [-0.4, -0.2) is 25.1 Å². The van der Waals surface area contributed by atoms with E-state index in [0.29, 0.717) is 6.04 Å². The van der Waals surface area contributed by atoms with Gasteiger partial charge in [-0.05, 0) is 44.0 Å². The molecule has 0 bridgehead atoms. The Hall–Kier alpha value is -1.71. The number of carbonyl (C=O) groups excluding carboxylic acids is 1. The highest BCUT2D eigenvalue weighted by atomic mass is 16.5. The number of amides is 1. The molecular formula is C16H24N2O2. The van der Waals surface area contributed by atoms with Crippen molar-refractivity contribution in [3.63, 3.8) is 0 Å². The molecule has 0 saturated heterocycles. The lowest BCUT2D eigenvalue weighted by molar-refractivity contribution is -0.122. The van der Waals surface area contributed by atoms with E-state index in [0.717, 1.165) is 24.3 Å². The summed E-state index contributed by atoms with van der Waals surface area (Å²) in [6.07, 6.45) is 5.98. The first-order valence-electron chi connectivity index (χ1n) is 7.40. The van der Waals surface area contributed by atoms with Gasteiger partial charge in [0.2, 0.25) is 5.91 Å². The average molecular weight is 276 g/mol. The summed E-state index contributed by atoms with van der Waals surface area (Å²) in [5.41, 5.74) is 0.928. The van der Waals surface area contributed by atoms with Crippen LogP contribution in [0.3, 0.4) is 0 Å². The van der Waals surface area contributed by atoms with Crippen LogP contribution in [0.4, 0.5) is 5.69 Å². The molecule has 1 aliphatic carbocycles. The molecule has 0 spiro atoms. The second-order valence-corrected chi connectivity index (χ2v) is 5.44. The van der Waals surface area contributed by atoms with Gasteiger partial charge >= 0.3 is 0 Å². The van der Waals surface area contributed by atoms with Gasteiger partial charge in [0.25, 0.3) is 0 Å². The van der Waals surface area contributed by atoms with Crippen LogP contribution in [0, 0.1) is 0 Å². The summed E-state index contributed by atoms with van der Waals surface area (Å²) >= 11 is 0. The van der Waals surface area contributed by atoms with Gasteiger partial charge in [0, 0.05) is 11.7 Å². The summed E-state index contributed by atoms with van der Waals surface area (Å²) in [6, 6.07) is 7.73. The first kappa shape index (κ1) is 14.7. The summed E-state index contributed by atoms with van der Waals surface area (Å²) in [7, 11) is 1.64. The predicted molar refractivity (Wildman–Crippen MR) is 81.1 cm³/mol. The summed E-state index contributed by atoms with van der Waals surface area (Å²) in [5, 5.41) is 6.35. The van der Waals surface area contributed by atoms with E-state index >= 15 is 0 Å². The molecule has 1 saturated carbocycles. The van der Waals surface area contributed by atoms with Crippen molar-refractivity contribution in [2.24, 2.45) is 0 Å². The van der Waals surface area contributed by atoms with Gasteiger partial charge in [-0.15, -0.1) is 0 Å². The molecule has 4 heteroatoms. The number of hydrogen-bond donors (Lipinski definition) is 2. The SMILES string of the molecule is COc1ccc(N[C@@H](C)C(=O)NC2CCCCC2)cc1. The van der Waals surface area contributed by atoms with Gasteiger partial charge in [0.1, 0.15) is 11.8 Å². The van der Waals surface area contributed by atoms with E-state index < -0.39 is 0 Å². The van der Waals surface area contributed by atoms with Crippen LogP contribution in [0.15, 0.2) is 24.3 Å². The number of anilines is 1. The Balaban J connectivity index is 1.83. The second-order valence-electron chi connectivity index (χ2n) is 5.44. The fourth-order valence-corrected chi connectivity index (χ4v) is 2.58. The van der Waals surface area contributed by atoms with Gasteiger partial charge in [-0.1, -0.05) is 19.3 Å². The Kier molecular flexibility index (Phi) is 5.27. The smallest absolute Gasteiger partial charge is 0.242 e. The first-order chi connectivity index (χ1) is 9.69. The molecule has 2 rings (SSSR count). The Morgan fingerprint density at radius 3 is 2.45 bits per heavy atom. The lowest BCUT2D eigenvalue weighted by Gasteiger charge is -2.25. The van der Waals surface area contributed by atoms with Gasteiger partial charge in [-0.3, -0.25) is 4.79 Å². The molecule has 0 aromatic heterocycles. The lowest BCUT2D eigenvalue weighted by Crippen LogP contribution is -2.43. The maximum atomic E-state index is 12.1. The third-order valence-electron chi connectivity index (χ3n) is 3.82. The minimum Gasteiger partial charge on any atom is -0.497 e. The molecule has 4 nitrogen and oxygen atoms in total. The molecule has 1 fully saturated rings. The van der Waals surface area contributed by atoms with Crippen LogP contribution < -0.4 is 15.4 Å². The summed E-state index contributed by atoms with van der Waals surface area (Å²) < 4.78 is 5.12. The quantitative estimate of drug-likeness (QED) is 0.869. The van der Waals surface area contributed by atoms with Gasteiger partial charge in [0.05, 0.1) is 7.11 Å². The molecular weight excluding hydrogens is 252 g/mol. The zero-order chi connectivity index (χ0) is 14.4. The van der Waals surface area contributed by atoms with Crippen molar-refractivity contribution in [2.45, 2.75) is 51.1 Å². The number of nitrogens with one attached hydrogen (secondary N) is 2. The average Bonchev–Trinajstić information content (AvgIpc) is 2.49. The molecule has 0 radical (unpaired) electrons. The maximum absolute atomic E-state index is 12.1. The Morgan fingerprint density at radius 2 is 1.85 bits per heavy atom. The van der Waals surface area contributed by atoms with Gasteiger partial charge in [-0.2, -0.15) is 0 Å². The monoisotopic (exact) mass is 276 g/mol. The van der Waals surface area contributed by atoms with Crippen molar-refractivity contribution < 1.29 is 9.53 Å². The van der Waals surface area contributed by atoms with Crippen LogP contribution in [0.2, 0.25) is 0 Å². The van der Waals surface area contributed by atoms with Gasteiger partial charge in [0.15, 0.2) is 0 Å². The number of ether oxygens (including phenoxy) is 1. The van der Waals surface area contributed by atoms with E-state index in [2.05, 4.69) is 10.6 Å². The van der Waals surface area contributed by atoms with Crippen LogP contribution in [0.5, 0.6) is 5.75 Å². The predicted octanol–water partition coefficient (Wildman–Crippen LogP) is 2.94. The van der Waals surface area contributed by atoms with Crippen LogP contribution >= 0.6 is 0 Å². The minimum absolute atomic E-state index is 0.0766. The Labute approximate surface area is 120 Å². The highest BCUT2D eigenvalue weighted by Crippen LogP contribution is 2.18. The zero-order valence-corrected chi connectivity index (χ0v) is 12.3. The van der Waals surface area contributed by atoms with Crippen LogP contribution in [-0.2, 0) is 4.79 Å². The van der Waals surface area contributed by atoms with Gasteiger partial charge < -0.3 is 15.4 Å². The molecule has 1 aromatic carbocycles. The van der Waals surface area contributed by atoms with E-state index in [1.54, 1.807) is 7.11 Å². The van der Waals surface area contributed by atoms with E-state index in [1.807, 2.05) is 31.2 Å². The number of benzene rings is 1. The van der Waals surface area contributed by atoms with Crippen molar-refractivity contribution in [3.8, 4) is 5.75 Å². The van der Waals surface area contributed by atoms with Crippen LogP contribution in [0.1, 0.15) is 39.0 Å². The lowest BCUT2D eigenvalue weighted by atomic mass is 9.95. The van der Waals surface area contributed by atoms with Crippen molar-refractivity contribution in [2.75, 3.05) is 12.4 Å².